The summed E-state index contributed by atoms with van der Waals surface area (Å²) in [6.45, 7) is 0. The van der Waals surface area contributed by atoms with Crippen LogP contribution < -0.4 is 14.8 Å². The summed E-state index contributed by atoms with van der Waals surface area (Å²) in [4.78, 5) is 23.3. The van der Waals surface area contributed by atoms with Crippen molar-refractivity contribution in [3.8, 4) is 11.5 Å². The van der Waals surface area contributed by atoms with E-state index in [2.05, 4.69) is 15.3 Å². The van der Waals surface area contributed by atoms with Crippen LogP contribution >= 0.6 is 0 Å². The molecule has 7 heteroatoms. The van der Waals surface area contributed by atoms with Gasteiger partial charge in [-0.3, -0.25) is 0 Å². The van der Waals surface area contributed by atoms with Gasteiger partial charge in [0.25, 0.3) is 0 Å². The molecule has 0 radical (unpaired) electrons. The Kier molecular flexibility index (Phi) is 3.91. The van der Waals surface area contributed by atoms with Gasteiger partial charge in [0, 0.05) is 36.0 Å². The van der Waals surface area contributed by atoms with Crippen LogP contribution in [0.5, 0.6) is 11.5 Å². The van der Waals surface area contributed by atoms with Crippen LogP contribution in [0.1, 0.15) is 30.1 Å². The Morgan fingerprint density at radius 3 is 2.88 bits per heavy atom. The van der Waals surface area contributed by atoms with Gasteiger partial charge in [0.2, 0.25) is 0 Å². The molecular weight excluding hydrogens is 320 g/mol. The summed E-state index contributed by atoms with van der Waals surface area (Å²) >= 11 is 0. The first kappa shape index (κ1) is 15.7. The molecule has 3 heterocycles. The summed E-state index contributed by atoms with van der Waals surface area (Å²) in [5.74, 6) is 1.21. The zero-order chi connectivity index (χ0) is 17.4. The van der Waals surface area contributed by atoms with Crippen molar-refractivity contribution in [2.45, 2.75) is 31.3 Å². The lowest BCUT2D eigenvalue weighted by atomic mass is 10.00. The average Bonchev–Trinajstić information content (AvgIpc) is 2.96. The van der Waals surface area contributed by atoms with E-state index in [-0.39, 0.29) is 18.1 Å². The second kappa shape index (κ2) is 6.23. The molecule has 1 fully saturated rings. The van der Waals surface area contributed by atoms with Crippen molar-refractivity contribution in [1.29, 1.82) is 0 Å². The Bertz CT molecular complexity index is 811. The zero-order valence-corrected chi connectivity index (χ0v) is 14.2. The van der Waals surface area contributed by atoms with E-state index < -0.39 is 0 Å². The Morgan fingerprint density at radius 1 is 1.24 bits per heavy atom. The molecule has 0 saturated carbocycles. The molecule has 7 nitrogen and oxygen atoms in total. The second-order valence-corrected chi connectivity index (χ2v) is 6.28. The van der Waals surface area contributed by atoms with Gasteiger partial charge in [0.05, 0.1) is 26.0 Å². The number of amides is 2. The number of aromatic nitrogens is 2. The van der Waals surface area contributed by atoms with Crippen molar-refractivity contribution in [2.75, 3.05) is 19.5 Å². The third-order valence-corrected chi connectivity index (χ3v) is 4.99. The molecule has 4 rings (SSSR count). The molecular formula is C18H20N4O3. The van der Waals surface area contributed by atoms with Crippen LogP contribution in [0.4, 0.5) is 10.5 Å². The number of hydrogen-bond donors (Lipinski definition) is 1. The summed E-state index contributed by atoms with van der Waals surface area (Å²) in [7, 11) is 3.16. The fourth-order valence-electron chi connectivity index (χ4n) is 3.84. The van der Waals surface area contributed by atoms with Gasteiger partial charge in [-0.15, -0.1) is 0 Å². The Labute approximate surface area is 146 Å². The maximum atomic E-state index is 12.9. The molecule has 2 aliphatic heterocycles. The van der Waals surface area contributed by atoms with Crippen molar-refractivity contribution in [3.05, 3.63) is 42.0 Å². The number of fused-ring (bicyclic) bond motifs is 4. The number of carbonyl (C=O) groups is 1. The Morgan fingerprint density at radius 2 is 2.08 bits per heavy atom. The number of ether oxygens (including phenoxy) is 2. The summed E-state index contributed by atoms with van der Waals surface area (Å²) in [5, 5.41) is 2.98. The van der Waals surface area contributed by atoms with Crippen LogP contribution in [0.15, 0.2) is 30.7 Å². The normalized spacial score (nSPS) is 20.8. The SMILES string of the molecule is COc1ccc(NC(=O)N2[C@H]3CC[C@@H]2c2cncnc2C3)cc1OC. The van der Waals surface area contributed by atoms with E-state index in [0.717, 1.165) is 30.5 Å². The van der Waals surface area contributed by atoms with Gasteiger partial charge in [0.15, 0.2) is 11.5 Å². The maximum absolute atomic E-state index is 12.9. The maximum Gasteiger partial charge on any atom is 0.322 e. The molecule has 2 amide bonds. The van der Waals surface area contributed by atoms with Crippen molar-refractivity contribution < 1.29 is 14.3 Å². The van der Waals surface area contributed by atoms with Crippen LogP contribution in [-0.2, 0) is 6.42 Å². The molecule has 2 aliphatic rings. The van der Waals surface area contributed by atoms with Crippen LogP contribution in [-0.4, -0.2) is 41.2 Å². The number of urea groups is 1. The molecule has 2 aromatic rings. The van der Waals surface area contributed by atoms with E-state index in [1.807, 2.05) is 17.2 Å². The summed E-state index contributed by atoms with van der Waals surface area (Å²) in [6, 6.07) is 5.49. The van der Waals surface area contributed by atoms with Gasteiger partial charge in [-0.2, -0.15) is 0 Å². The van der Waals surface area contributed by atoms with E-state index in [9.17, 15) is 4.79 Å². The molecule has 0 aliphatic carbocycles. The Hall–Kier alpha value is -2.83. The van der Waals surface area contributed by atoms with Gasteiger partial charge in [-0.25, -0.2) is 14.8 Å². The number of anilines is 1. The largest absolute Gasteiger partial charge is 0.493 e. The molecule has 0 spiro atoms. The quantitative estimate of drug-likeness (QED) is 0.930. The Balaban J connectivity index is 1.56. The van der Waals surface area contributed by atoms with E-state index in [1.54, 1.807) is 32.7 Å². The van der Waals surface area contributed by atoms with Gasteiger partial charge in [-0.05, 0) is 25.0 Å². The van der Waals surface area contributed by atoms with E-state index in [1.165, 1.54) is 0 Å². The van der Waals surface area contributed by atoms with Gasteiger partial charge in [-0.1, -0.05) is 0 Å². The van der Waals surface area contributed by atoms with E-state index in [0.29, 0.717) is 17.2 Å². The third-order valence-electron chi connectivity index (χ3n) is 4.99. The minimum Gasteiger partial charge on any atom is -0.493 e. The number of hydrogen-bond acceptors (Lipinski definition) is 5. The minimum atomic E-state index is -0.103. The highest BCUT2D eigenvalue weighted by molar-refractivity contribution is 5.90. The smallest absolute Gasteiger partial charge is 0.322 e. The summed E-state index contributed by atoms with van der Waals surface area (Å²) < 4.78 is 10.5. The lowest BCUT2D eigenvalue weighted by molar-refractivity contribution is 0.178. The molecule has 1 aromatic carbocycles. The molecule has 1 saturated heterocycles. The third kappa shape index (κ3) is 2.65. The summed E-state index contributed by atoms with van der Waals surface area (Å²) in [5.41, 5.74) is 2.81. The number of nitrogens with one attached hydrogen (secondary N) is 1. The topological polar surface area (TPSA) is 76.6 Å². The molecule has 1 aromatic heterocycles. The predicted octanol–water partition coefficient (Wildman–Crippen LogP) is 2.79. The highest BCUT2D eigenvalue weighted by Gasteiger charge is 2.43. The van der Waals surface area contributed by atoms with E-state index in [4.69, 9.17) is 9.47 Å². The van der Waals surface area contributed by atoms with Crippen molar-refractivity contribution in [3.63, 3.8) is 0 Å². The number of methoxy groups -OCH3 is 2. The van der Waals surface area contributed by atoms with Gasteiger partial charge in [0.1, 0.15) is 6.33 Å². The molecule has 0 unspecified atom stereocenters. The highest BCUT2D eigenvalue weighted by Crippen LogP contribution is 2.43. The standard InChI is InChI=1S/C18H20N4O3/c1-24-16-6-3-11(7-17(16)25-2)21-18(23)22-12-4-5-15(22)13-9-19-10-20-14(13)8-12/h3,6-7,9-10,12,15H,4-5,8H2,1-2H3,(H,21,23)/t12-,15+/m0/s1. The van der Waals surface area contributed by atoms with Gasteiger partial charge < -0.3 is 19.7 Å². The van der Waals surface area contributed by atoms with Gasteiger partial charge >= 0.3 is 6.03 Å². The number of benzene rings is 1. The summed E-state index contributed by atoms with van der Waals surface area (Å²) in [6.07, 6.45) is 6.14. The lowest BCUT2D eigenvalue weighted by Crippen LogP contribution is -2.44. The zero-order valence-electron chi connectivity index (χ0n) is 14.2. The molecule has 2 bridgehead atoms. The van der Waals surface area contributed by atoms with Crippen LogP contribution in [0.25, 0.3) is 0 Å². The minimum absolute atomic E-state index is 0.0510. The van der Waals surface area contributed by atoms with Crippen LogP contribution in [0, 0.1) is 0 Å². The second-order valence-electron chi connectivity index (χ2n) is 6.28. The molecule has 1 N–H and O–H groups in total. The molecule has 25 heavy (non-hydrogen) atoms. The lowest BCUT2D eigenvalue weighted by Gasteiger charge is -2.35. The van der Waals surface area contributed by atoms with Crippen molar-refractivity contribution in [1.82, 2.24) is 14.9 Å². The monoisotopic (exact) mass is 340 g/mol. The van der Waals surface area contributed by atoms with Crippen molar-refractivity contribution in [2.24, 2.45) is 0 Å². The molecule has 2 atom stereocenters. The number of rotatable bonds is 3. The van der Waals surface area contributed by atoms with E-state index >= 15 is 0 Å². The predicted molar refractivity (Wildman–Crippen MR) is 91.9 cm³/mol. The first-order valence-corrected chi connectivity index (χ1v) is 8.31. The van der Waals surface area contributed by atoms with Crippen molar-refractivity contribution >= 4 is 11.7 Å². The fourth-order valence-corrected chi connectivity index (χ4v) is 3.84. The number of nitrogens with zero attached hydrogens (tertiary/aromatic N) is 3. The number of carbonyl (C=O) groups excluding carboxylic acids is 1. The highest BCUT2D eigenvalue weighted by atomic mass is 16.5. The fraction of sp³-hybridized carbons (Fsp3) is 0.389. The average molecular weight is 340 g/mol. The molecule has 130 valence electrons. The first-order valence-electron chi connectivity index (χ1n) is 8.31. The van der Waals surface area contributed by atoms with Crippen LogP contribution in [0.3, 0.4) is 0 Å². The van der Waals surface area contributed by atoms with Crippen LogP contribution in [0.2, 0.25) is 0 Å². The first-order chi connectivity index (χ1) is 12.2.